The molecule has 4 aromatic rings. The van der Waals surface area contributed by atoms with Crippen molar-refractivity contribution in [3.05, 3.63) is 72.2 Å². The molecular formula is C24H24N2O4S3. The van der Waals surface area contributed by atoms with Crippen molar-refractivity contribution in [3.63, 3.8) is 0 Å². The van der Waals surface area contributed by atoms with Crippen LogP contribution in [-0.4, -0.2) is 31.3 Å². The van der Waals surface area contributed by atoms with Gasteiger partial charge < -0.3 is 4.42 Å². The Morgan fingerprint density at radius 2 is 1.91 bits per heavy atom. The van der Waals surface area contributed by atoms with Gasteiger partial charge in [-0.05, 0) is 56.0 Å². The number of aryl methyl sites for hydroxylation is 1. The standard InChI is InChI=1S/C24H24N2O4S3/c1-17-10-12-19(13-11-17)33(28,29)15-5-9-22(27)26(16-18-6-4-14-30-18)24-25-23-20(31-2)7-3-8-21(23)32-24/h3-4,6-8,10-14H,5,9,15-16H2,1-2H3. The van der Waals surface area contributed by atoms with Crippen molar-refractivity contribution < 1.29 is 17.6 Å². The van der Waals surface area contributed by atoms with Gasteiger partial charge in [0.25, 0.3) is 0 Å². The second-order valence-electron chi connectivity index (χ2n) is 7.60. The Labute approximate surface area is 201 Å². The monoisotopic (exact) mass is 500 g/mol. The van der Waals surface area contributed by atoms with E-state index in [1.54, 1.807) is 53.3 Å². The van der Waals surface area contributed by atoms with E-state index in [4.69, 9.17) is 9.40 Å². The Balaban J connectivity index is 1.52. The fourth-order valence-corrected chi connectivity index (χ4v) is 6.37. The number of carbonyl (C=O) groups excluding carboxylic acids is 1. The van der Waals surface area contributed by atoms with Gasteiger partial charge in [-0.1, -0.05) is 35.1 Å². The molecule has 4 rings (SSSR count). The van der Waals surface area contributed by atoms with E-state index in [1.165, 1.54) is 11.3 Å². The van der Waals surface area contributed by atoms with Crippen molar-refractivity contribution in [2.45, 2.75) is 36.1 Å². The second-order valence-corrected chi connectivity index (χ2v) is 11.6. The molecule has 172 valence electrons. The van der Waals surface area contributed by atoms with Gasteiger partial charge in [0.15, 0.2) is 15.0 Å². The van der Waals surface area contributed by atoms with Crippen LogP contribution >= 0.6 is 23.1 Å². The number of aromatic nitrogens is 1. The van der Waals surface area contributed by atoms with Crippen LogP contribution in [0.5, 0.6) is 0 Å². The molecule has 6 nitrogen and oxygen atoms in total. The van der Waals surface area contributed by atoms with E-state index in [0.29, 0.717) is 10.9 Å². The third-order valence-electron chi connectivity index (χ3n) is 5.20. The summed E-state index contributed by atoms with van der Waals surface area (Å²) in [5.41, 5.74) is 1.86. The van der Waals surface area contributed by atoms with Gasteiger partial charge in [0, 0.05) is 11.3 Å². The molecule has 0 saturated carbocycles. The van der Waals surface area contributed by atoms with Crippen LogP contribution < -0.4 is 4.90 Å². The van der Waals surface area contributed by atoms with Gasteiger partial charge in [-0.15, -0.1) is 11.8 Å². The van der Waals surface area contributed by atoms with Gasteiger partial charge in [-0.25, -0.2) is 13.4 Å². The number of benzene rings is 2. The highest BCUT2D eigenvalue weighted by Crippen LogP contribution is 2.35. The fraction of sp³-hybridized carbons (Fsp3) is 0.250. The topological polar surface area (TPSA) is 80.5 Å². The van der Waals surface area contributed by atoms with Crippen molar-refractivity contribution >= 4 is 54.2 Å². The van der Waals surface area contributed by atoms with E-state index in [1.807, 2.05) is 37.4 Å². The minimum absolute atomic E-state index is 0.0904. The summed E-state index contributed by atoms with van der Waals surface area (Å²) in [4.78, 5) is 20.9. The first kappa shape index (κ1) is 23.5. The number of carbonyl (C=O) groups is 1. The molecule has 0 aliphatic carbocycles. The maximum atomic E-state index is 13.2. The Bertz CT molecular complexity index is 1340. The Kier molecular flexibility index (Phi) is 7.21. The van der Waals surface area contributed by atoms with E-state index in [0.717, 1.165) is 20.7 Å². The maximum Gasteiger partial charge on any atom is 0.229 e. The predicted molar refractivity (Wildman–Crippen MR) is 134 cm³/mol. The molecule has 2 aromatic heterocycles. The molecule has 0 atom stereocenters. The summed E-state index contributed by atoms with van der Waals surface area (Å²) in [6.07, 6.45) is 3.88. The van der Waals surface area contributed by atoms with Crippen LogP contribution in [0.3, 0.4) is 0 Å². The van der Waals surface area contributed by atoms with E-state index < -0.39 is 9.84 Å². The zero-order chi connectivity index (χ0) is 23.4. The summed E-state index contributed by atoms with van der Waals surface area (Å²) in [6.45, 7) is 2.15. The maximum absolute atomic E-state index is 13.2. The van der Waals surface area contributed by atoms with E-state index in [2.05, 4.69) is 0 Å². The first-order chi connectivity index (χ1) is 15.9. The number of anilines is 1. The highest BCUT2D eigenvalue weighted by atomic mass is 32.2. The summed E-state index contributed by atoms with van der Waals surface area (Å²) >= 11 is 3.05. The summed E-state index contributed by atoms with van der Waals surface area (Å²) in [5, 5.41) is 0.578. The molecule has 0 bridgehead atoms. The molecule has 0 unspecified atom stereocenters. The lowest BCUT2D eigenvalue weighted by atomic mass is 10.2. The number of para-hydroxylation sites is 1. The number of hydrogen-bond acceptors (Lipinski definition) is 7. The summed E-state index contributed by atoms with van der Waals surface area (Å²) in [7, 11) is -3.45. The summed E-state index contributed by atoms with van der Waals surface area (Å²) in [6, 6.07) is 16.3. The lowest BCUT2D eigenvalue weighted by Gasteiger charge is -2.18. The predicted octanol–water partition coefficient (Wildman–Crippen LogP) is 5.71. The number of thiazole rings is 1. The molecule has 0 aliphatic rings. The number of furan rings is 1. The largest absolute Gasteiger partial charge is 0.467 e. The molecule has 1 amide bonds. The van der Waals surface area contributed by atoms with Gasteiger partial charge in [-0.2, -0.15) is 0 Å². The summed E-state index contributed by atoms with van der Waals surface area (Å²) < 4.78 is 31.8. The Morgan fingerprint density at radius 3 is 2.61 bits per heavy atom. The summed E-state index contributed by atoms with van der Waals surface area (Å²) in [5.74, 6) is 0.364. The highest BCUT2D eigenvalue weighted by Gasteiger charge is 2.23. The lowest BCUT2D eigenvalue weighted by molar-refractivity contribution is -0.118. The Morgan fingerprint density at radius 1 is 1.12 bits per heavy atom. The van der Waals surface area contributed by atoms with E-state index >= 15 is 0 Å². The van der Waals surface area contributed by atoms with Crippen molar-refractivity contribution in [1.29, 1.82) is 0 Å². The fourth-order valence-electron chi connectivity index (χ4n) is 3.42. The molecular weight excluding hydrogens is 476 g/mol. The molecule has 33 heavy (non-hydrogen) atoms. The van der Waals surface area contributed by atoms with Crippen LogP contribution in [-0.2, 0) is 21.2 Å². The van der Waals surface area contributed by atoms with Crippen molar-refractivity contribution in [2.75, 3.05) is 16.9 Å². The average Bonchev–Trinajstić information content (AvgIpc) is 3.47. The van der Waals surface area contributed by atoms with E-state index in [9.17, 15) is 13.2 Å². The number of sulfone groups is 1. The number of fused-ring (bicyclic) bond motifs is 1. The van der Waals surface area contributed by atoms with Crippen molar-refractivity contribution in [2.24, 2.45) is 0 Å². The van der Waals surface area contributed by atoms with Crippen molar-refractivity contribution in [3.8, 4) is 0 Å². The molecule has 0 spiro atoms. The first-order valence-corrected chi connectivity index (χ1v) is 14.1. The number of rotatable bonds is 9. The molecule has 0 radical (unpaired) electrons. The SMILES string of the molecule is CSc1cccc2sc(N(Cc3ccco3)C(=O)CCCS(=O)(=O)c3ccc(C)cc3)nc12. The smallest absolute Gasteiger partial charge is 0.229 e. The second kappa shape index (κ2) is 10.1. The highest BCUT2D eigenvalue weighted by molar-refractivity contribution is 7.98. The van der Waals surface area contributed by atoms with Gasteiger partial charge in [0.05, 0.1) is 33.7 Å². The zero-order valence-corrected chi connectivity index (χ0v) is 20.8. The first-order valence-electron chi connectivity index (χ1n) is 10.4. The van der Waals surface area contributed by atoms with Crippen LogP contribution in [0.2, 0.25) is 0 Å². The number of amides is 1. The number of nitrogens with zero attached hydrogens (tertiary/aromatic N) is 2. The van der Waals surface area contributed by atoms with E-state index in [-0.39, 0.29) is 35.9 Å². The molecule has 0 saturated heterocycles. The van der Waals surface area contributed by atoms with Crippen LogP contribution in [0.15, 0.2) is 75.1 Å². The van der Waals surface area contributed by atoms with Gasteiger partial charge in [-0.3, -0.25) is 9.69 Å². The van der Waals surface area contributed by atoms with Crippen LogP contribution in [0.25, 0.3) is 10.2 Å². The minimum Gasteiger partial charge on any atom is -0.467 e. The van der Waals surface area contributed by atoms with Crippen LogP contribution in [0, 0.1) is 6.92 Å². The average molecular weight is 501 g/mol. The van der Waals surface area contributed by atoms with Crippen LogP contribution in [0.4, 0.5) is 5.13 Å². The van der Waals surface area contributed by atoms with Gasteiger partial charge >= 0.3 is 0 Å². The molecule has 2 heterocycles. The number of hydrogen-bond donors (Lipinski definition) is 0. The quantitative estimate of drug-likeness (QED) is 0.274. The normalized spacial score (nSPS) is 11.7. The Hall–Kier alpha value is -2.62. The van der Waals surface area contributed by atoms with Gasteiger partial charge in [0.1, 0.15) is 5.76 Å². The molecule has 0 N–H and O–H groups in total. The zero-order valence-electron chi connectivity index (χ0n) is 18.4. The molecule has 9 heteroatoms. The lowest BCUT2D eigenvalue weighted by Crippen LogP contribution is -2.30. The third kappa shape index (κ3) is 5.48. The molecule has 0 fully saturated rings. The van der Waals surface area contributed by atoms with Crippen molar-refractivity contribution in [1.82, 2.24) is 4.98 Å². The molecule has 2 aromatic carbocycles. The third-order valence-corrected chi connectivity index (χ3v) is 8.83. The molecule has 0 aliphatic heterocycles. The van der Waals surface area contributed by atoms with Crippen LogP contribution in [0.1, 0.15) is 24.2 Å². The van der Waals surface area contributed by atoms with Gasteiger partial charge in [0.2, 0.25) is 5.91 Å². The minimum atomic E-state index is -3.45. The number of thioether (sulfide) groups is 1.